The average molecular weight is 389 g/mol. The highest BCUT2D eigenvalue weighted by Gasteiger charge is 2.26. The number of hydrogen-bond acceptors (Lipinski definition) is 4. The molecule has 29 heavy (non-hydrogen) atoms. The minimum Gasteiger partial charge on any atom is -0.378 e. The van der Waals surface area contributed by atoms with Gasteiger partial charge in [-0.15, -0.1) is 0 Å². The third kappa shape index (κ3) is 3.75. The van der Waals surface area contributed by atoms with Crippen LogP contribution in [0.15, 0.2) is 52.1 Å². The summed E-state index contributed by atoms with van der Waals surface area (Å²) in [6.07, 6.45) is 4.28. The van der Waals surface area contributed by atoms with Gasteiger partial charge in [-0.05, 0) is 50.3 Å². The second kappa shape index (κ2) is 7.91. The van der Waals surface area contributed by atoms with Gasteiger partial charge in [-0.3, -0.25) is 9.79 Å². The molecule has 0 atom stereocenters. The SMILES string of the molecule is COCc1nn2c(c1-c1ccc(C)cc1)CC(CCC1=C(C)CN=C1C)=CC2=O. The van der Waals surface area contributed by atoms with E-state index in [1.807, 2.05) is 0 Å². The van der Waals surface area contributed by atoms with Gasteiger partial charge in [-0.2, -0.15) is 9.78 Å². The molecule has 0 bridgehead atoms. The fourth-order valence-corrected chi connectivity index (χ4v) is 4.22. The summed E-state index contributed by atoms with van der Waals surface area (Å²) in [4.78, 5) is 17.3. The van der Waals surface area contributed by atoms with E-state index in [9.17, 15) is 4.79 Å². The number of aryl methyl sites for hydroxylation is 1. The van der Waals surface area contributed by atoms with Crippen molar-refractivity contribution in [2.75, 3.05) is 13.7 Å². The smallest absolute Gasteiger partial charge is 0.271 e. The van der Waals surface area contributed by atoms with E-state index in [2.05, 4.69) is 55.1 Å². The Hall–Kier alpha value is -2.79. The van der Waals surface area contributed by atoms with Gasteiger partial charge in [0.15, 0.2) is 0 Å². The van der Waals surface area contributed by atoms with Crippen molar-refractivity contribution in [3.63, 3.8) is 0 Å². The number of methoxy groups -OCH3 is 1. The van der Waals surface area contributed by atoms with Crippen LogP contribution in [-0.2, 0) is 17.8 Å². The molecule has 4 rings (SSSR count). The van der Waals surface area contributed by atoms with Crippen LogP contribution in [0.2, 0.25) is 0 Å². The summed E-state index contributed by atoms with van der Waals surface area (Å²) in [5.41, 5.74) is 10.1. The van der Waals surface area contributed by atoms with Gasteiger partial charge in [-0.1, -0.05) is 35.4 Å². The van der Waals surface area contributed by atoms with Crippen LogP contribution in [0.1, 0.15) is 48.4 Å². The normalized spacial score (nSPS) is 16.2. The molecular formula is C24H27N3O2. The predicted octanol–water partition coefficient (Wildman–Crippen LogP) is 4.70. The maximum Gasteiger partial charge on any atom is 0.271 e. The van der Waals surface area contributed by atoms with Crippen molar-refractivity contribution in [1.29, 1.82) is 0 Å². The van der Waals surface area contributed by atoms with Crippen molar-refractivity contribution in [3.05, 3.63) is 64.0 Å². The molecule has 5 nitrogen and oxygen atoms in total. The Labute approximate surface area is 171 Å². The number of ether oxygens (including phenoxy) is 1. The van der Waals surface area contributed by atoms with Crippen molar-refractivity contribution in [2.24, 2.45) is 4.99 Å². The van der Waals surface area contributed by atoms with Crippen molar-refractivity contribution in [3.8, 4) is 11.1 Å². The summed E-state index contributed by atoms with van der Waals surface area (Å²) in [5, 5.41) is 4.59. The number of carbonyl (C=O) groups is 1. The van der Waals surface area contributed by atoms with Crippen LogP contribution in [0, 0.1) is 6.92 Å². The predicted molar refractivity (Wildman–Crippen MR) is 115 cm³/mol. The van der Waals surface area contributed by atoms with E-state index in [-0.39, 0.29) is 5.91 Å². The van der Waals surface area contributed by atoms with Crippen molar-refractivity contribution < 1.29 is 9.53 Å². The Morgan fingerprint density at radius 2 is 1.86 bits per heavy atom. The molecule has 2 aromatic rings. The molecule has 0 spiro atoms. The van der Waals surface area contributed by atoms with Crippen molar-refractivity contribution in [2.45, 2.75) is 46.6 Å². The molecule has 2 aliphatic heterocycles. The summed E-state index contributed by atoms with van der Waals surface area (Å²) in [5.74, 6) is -0.0699. The number of carbonyl (C=O) groups excluding carboxylic acids is 1. The van der Waals surface area contributed by atoms with Crippen molar-refractivity contribution >= 4 is 11.6 Å². The Balaban J connectivity index is 1.65. The Kier molecular flexibility index (Phi) is 5.33. The van der Waals surface area contributed by atoms with Gasteiger partial charge in [0, 0.05) is 30.9 Å². The van der Waals surface area contributed by atoms with Crippen LogP contribution in [0.5, 0.6) is 0 Å². The van der Waals surface area contributed by atoms with Gasteiger partial charge in [0.05, 0.1) is 24.5 Å². The van der Waals surface area contributed by atoms with Gasteiger partial charge in [0.25, 0.3) is 5.91 Å². The number of allylic oxidation sites excluding steroid dienone is 3. The number of hydrogen-bond donors (Lipinski definition) is 0. The molecule has 1 aromatic carbocycles. The summed E-state index contributed by atoms with van der Waals surface area (Å²) >= 11 is 0. The molecule has 3 heterocycles. The van der Waals surface area contributed by atoms with E-state index < -0.39 is 0 Å². The average Bonchev–Trinajstić information content (AvgIpc) is 3.21. The molecule has 0 saturated heterocycles. The molecule has 2 aliphatic rings. The molecule has 0 fully saturated rings. The maximum absolute atomic E-state index is 12.8. The van der Waals surface area contributed by atoms with Crippen LogP contribution in [-0.4, -0.2) is 35.1 Å². The zero-order chi connectivity index (χ0) is 20.5. The van der Waals surface area contributed by atoms with Gasteiger partial charge < -0.3 is 4.74 Å². The van der Waals surface area contributed by atoms with Crippen LogP contribution in [0.25, 0.3) is 11.1 Å². The van der Waals surface area contributed by atoms with Crippen LogP contribution >= 0.6 is 0 Å². The zero-order valence-electron chi connectivity index (χ0n) is 17.6. The molecule has 150 valence electrons. The van der Waals surface area contributed by atoms with E-state index in [1.54, 1.807) is 17.9 Å². The number of rotatable bonds is 6. The Morgan fingerprint density at radius 1 is 1.10 bits per heavy atom. The summed E-state index contributed by atoms with van der Waals surface area (Å²) in [6.45, 7) is 7.49. The van der Waals surface area contributed by atoms with E-state index in [1.165, 1.54) is 16.7 Å². The van der Waals surface area contributed by atoms with E-state index in [4.69, 9.17) is 4.74 Å². The highest BCUT2D eigenvalue weighted by atomic mass is 16.5. The summed E-state index contributed by atoms with van der Waals surface area (Å²) in [6, 6.07) is 8.38. The van der Waals surface area contributed by atoms with E-state index in [0.717, 1.165) is 59.6 Å². The third-order valence-corrected chi connectivity index (χ3v) is 5.81. The lowest BCUT2D eigenvalue weighted by atomic mass is 9.92. The second-order valence-electron chi connectivity index (χ2n) is 7.96. The van der Waals surface area contributed by atoms with Gasteiger partial charge in [-0.25, -0.2) is 0 Å². The number of benzene rings is 1. The number of aromatic nitrogens is 2. The quantitative estimate of drug-likeness (QED) is 0.720. The Morgan fingerprint density at radius 3 is 2.52 bits per heavy atom. The van der Waals surface area contributed by atoms with Gasteiger partial charge in [0.2, 0.25) is 0 Å². The van der Waals surface area contributed by atoms with Crippen LogP contribution in [0.3, 0.4) is 0 Å². The molecule has 0 aliphatic carbocycles. The molecule has 0 amide bonds. The second-order valence-corrected chi connectivity index (χ2v) is 7.96. The summed E-state index contributed by atoms with van der Waals surface area (Å²) < 4.78 is 6.92. The molecule has 1 aromatic heterocycles. The lowest BCUT2D eigenvalue weighted by molar-refractivity contribution is 0.0943. The molecule has 0 unspecified atom stereocenters. The van der Waals surface area contributed by atoms with Crippen LogP contribution in [0.4, 0.5) is 0 Å². The van der Waals surface area contributed by atoms with Crippen LogP contribution < -0.4 is 0 Å². The first-order valence-electron chi connectivity index (χ1n) is 10.1. The van der Waals surface area contributed by atoms with Gasteiger partial charge in [0.1, 0.15) is 0 Å². The standard InChI is InChI=1S/C24H27N3O2/c1-15-5-8-19(9-6-15)24-21(14-29-4)26-27-22(24)11-18(12-23(27)28)7-10-20-16(2)13-25-17(20)3/h5-6,8-9,12H,7,10-11,13-14H2,1-4H3. The zero-order valence-corrected chi connectivity index (χ0v) is 17.6. The highest BCUT2D eigenvalue weighted by Crippen LogP contribution is 2.34. The van der Waals surface area contributed by atoms with Gasteiger partial charge >= 0.3 is 0 Å². The fourth-order valence-electron chi connectivity index (χ4n) is 4.22. The van der Waals surface area contributed by atoms with Crippen molar-refractivity contribution in [1.82, 2.24) is 9.78 Å². The third-order valence-electron chi connectivity index (χ3n) is 5.81. The largest absolute Gasteiger partial charge is 0.378 e. The number of nitrogens with zero attached hydrogens (tertiary/aromatic N) is 3. The highest BCUT2D eigenvalue weighted by molar-refractivity contribution is 6.01. The summed E-state index contributed by atoms with van der Waals surface area (Å²) in [7, 11) is 1.66. The number of aliphatic imine (C=N–C) groups is 1. The molecule has 0 radical (unpaired) electrons. The Bertz CT molecular complexity index is 1050. The first-order valence-corrected chi connectivity index (χ1v) is 10.1. The molecular weight excluding hydrogens is 362 g/mol. The monoisotopic (exact) mass is 389 g/mol. The lowest BCUT2D eigenvalue weighted by Crippen LogP contribution is -2.19. The number of fused-ring (bicyclic) bond motifs is 1. The first kappa shape index (κ1) is 19.5. The minimum atomic E-state index is -0.0699. The molecule has 5 heteroatoms. The van der Waals surface area contributed by atoms with E-state index in [0.29, 0.717) is 6.61 Å². The first-order chi connectivity index (χ1) is 14.0. The maximum atomic E-state index is 12.8. The topological polar surface area (TPSA) is 56.5 Å². The molecule has 0 saturated carbocycles. The van der Waals surface area contributed by atoms with E-state index >= 15 is 0 Å². The molecule has 0 N–H and O–H groups in total. The fraction of sp³-hybridized carbons (Fsp3) is 0.375. The minimum absolute atomic E-state index is 0.0699. The lowest BCUT2D eigenvalue weighted by Gasteiger charge is -2.16.